The van der Waals surface area contributed by atoms with Crippen LogP contribution in [0.1, 0.15) is 9.88 Å². The highest BCUT2D eigenvalue weighted by molar-refractivity contribution is 7.90. The second-order valence-electron chi connectivity index (χ2n) is 5.77. The summed E-state index contributed by atoms with van der Waals surface area (Å²) >= 11 is 7.20. The van der Waals surface area contributed by atoms with Crippen molar-refractivity contribution in [1.82, 2.24) is 14.7 Å². The van der Waals surface area contributed by atoms with Crippen molar-refractivity contribution in [1.29, 1.82) is 5.26 Å². The molecular weight excluding hydrogens is 439 g/mol. The first-order valence-electron chi connectivity index (χ1n) is 8.01. The molecule has 0 unspecified atom stereocenters. The number of hydrogen-bond donors (Lipinski definition) is 2. The number of nitrogens with zero attached hydrogens (tertiary/aromatic N) is 4. The van der Waals surface area contributed by atoms with Gasteiger partial charge in [-0.05, 0) is 12.1 Å². The first-order chi connectivity index (χ1) is 13.9. The smallest absolute Gasteiger partial charge is 0.266 e. The molecule has 1 aliphatic heterocycles. The van der Waals surface area contributed by atoms with E-state index in [9.17, 15) is 12.8 Å². The van der Waals surface area contributed by atoms with Crippen molar-refractivity contribution in [3.63, 3.8) is 0 Å². The normalized spacial score (nSPS) is 15.8. The van der Waals surface area contributed by atoms with E-state index in [1.165, 1.54) is 30.6 Å². The standard InChI is InChI=1S/C17H10ClFN6O2S2/c18-14-10(4-5-21-16(14)19)11-2-1-3-12-15(11)24-17(25-29(12,26)27)23-8-13-22-7-9(6-20)28-13/h1-5,7H,8H2,(H2,23,24,25). The number of pyridine rings is 1. The molecule has 2 N–H and O–H groups in total. The number of hydrogen-bond acceptors (Lipinski definition) is 7. The Morgan fingerprint density at radius 3 is 2.86 bits per heavy atom. The molecule has 1 aromatic carbocycles. The fraction of sp³-hybridized carbons (Fsp3) is 0.0588. The topological polar surface area (TPSA) is 120 Å². The Kier molecular flexibility index (Phi) is 4.91. The summed E-state index contributed by atoms with van der Waals surface area (Å²) in [6, 6.07) is 8.03. The Morgan fingerprint density at radius 2 is 2.10 bits per heavy atom. The van der Waals surface area contributed by atoms with Crippen molar-refractivity contribution < 1.29 is 12.8 Å². The molecular formula is C17H10ClFN6O2S2. The van der Waals surface area contributed by atoms with Crippen LogP contribution in [0, 0.1) is 17.3 Å². The minimum atomic E-state index is -3.91. The number of nitrogens with one attached hydrogen (secondary N) is 2. The molecule has 2 aromatic heterocycles. The number of fused-ring (bicyclic) bond motifs is 1. The summed E-state index contributed by atoms with van der Waals surface area (Å²) < 4.78 is 41.5. The van der Waals surface area contributed by atoms with Gasteiger partial charge in [0, 0.05) is 17.3 Å². The summed E-state index contributed by atoms with van der Waals surface area (Å²) in [5.41, 5.74) is 0.889. The molecule has 3 heterocycles. The fourth-order valence-corrected chi connectivity index (χ4v) is 4.73. The average molecular weight is 449 g/mol. The Morgan fingerprint density at radius 1 is 1.28 bits per heavy atom. The number of nitriles is 1. The predicted molar refractivity (Wildman–Crippen MR) is 107 cm³/mol. The maximum Gasteiger partial charge on any atom is 0.266 e. The second-order valence-corrected chi connectivity index (χ2v) is 8.91. The quantitative estimate of drug-likeness (QED) is 0.594. The van der Waals surface area contributed by atoms with Gasteiger partial charge in [-0.3, -0.25) is 0 Å². The zero-order chi connectivity index (χ0) is 20.6. The molecule has 146 valence electrons. The second kappa shape index (κ2) is 7.40. The van der Waals surface area contributed by atoms with Gasteiger partial charge in [-0.25, -0.2) is 28.1 Å². The molecule has 8 nitrogen and oxygen atoms in total. The monoisotopic (exact) mass is 448 g/mol. The molecule has 0 amide bonds. The van der Waals surface area contributed by atoms with E-state index in [0.29, 0.717) is 21.0 Å². The van der Waals surface area contributed by atoms with Crippen molar-refractivity contribution in [3.8, 4) is 17.2 Å². The Balaban J connectivity index is 1.76. The highest BCUT2D eigenvalue weighted by Crippen LogP contribution is 2.38. The lowest BCUT2D eigenvalue weighted by Gasteiger charge is -2.24. The van der Waals surface area contributed by atoms with E-state index >= 15 is 0 Å². The summed E-state index contributed by atoms with van der Waals surface area (Å²) in [7, 11) is -3.91. The van der Waals surface area contributed by atoms with Crippen LogP contribution in [0.25, 0.3) is 11.1 Å². The SMILES string of the molecule is N#Cc1cnc(CN=C2Nc3c(-c4ccnc(F)c4Cl)cccc3S(=O)(=O)N2)s1. The third kappa shape index (κ3) is 3.65. The number of sulfonamides is 1. The molecule has 0 saturated carbocycles. The van der Waals surface area contributed by atoms with E-state index in [1.807, 2.05) is 6.07 Å². The molecule has 12 heteroatoms. The van der Waals surface area contributed by atoms with Crippen LogP contribution < -0.4 is 10.0 Å². The lowest BCUT2D eigenvalue weighted by molar-refractivity contribution is 0.585. The van der Waals surface area contributed by atoms with Crippen LogP contribution >= 0.6 is 22.9 Å². The maximum atomic E-state index is 13.8. The fourth-order valence-electron chi connectivity index (χ4n) is 2.71. The van der Waals surface area contributed by atoms with Gasteiger partial charge in [-0.1, -0.05) is 23.7 Å². The number of rotatable bonds is 3. The summed E-state index contributed by atoms with van der Waals surface area (Å²) in [6.45, 7) is 0.0688. The molecule has 1 aliphatic rings. The number of aliphatic imine (C=N–C) groups is 1. The van der Waals surface area contributed by atoms with Gasteiger partial charge in [0.05, 0.1) is 18.4 Å². The minimum absolute atomic E-state index is 0.0238. The number of halogens is 2. The van der Waals surface area contributed by atoms with Crippen molar-refractivity contribution in [2.45, 2.75) is 11.4 Å². The van der Waals surface area contributed by atoms with Crippen LogP contribution in [0.15, 0.2) is 46.5 Å². The molecule has 0 bridgehead atoms. The largest absolute Gasteiger partial charge is 0.324 e. The maximum absolute atomic E-state index is 13.8. The summed E-state index contributed by atoms with van der Waals surface area (Å²) in [5.74, 6) is -0.881. The van der Waals surface area contributed by atoms with Gasteiger partial charge in [0.15, 0.2) is 0 Å². The Bertz CT molecular complexity index is 1300. The lowest BCUT2D eigenvalue weighted by atomic mass is 10.0. The van der Waals surface area contributed by atoms with Crippen molar-refractivity contribution >= 4 is 44.6 Å². The van der Waals surface area contributed by atoms with Crippen LogP contribution in [0.4, 0.5) is 10.1 Å². The van der Waals surface area contributed by atoms with Gasteiger partial charge >= 0.3 is 0 Å². The third-order valence-corrected chi connectivity index (χ3v) is 6.59. The first kappa shape index (κ1) is 19.3. The van der Waals surface area contributed by atoms with Crippen molar-refractivity contribution in [2.75, 3.05) is 5.32 Å². The van der Waals surface area contributed by atoms with Gasteiger partial charge in [0.2, 0.25) is 11.9 Å². The zero-order valence-corrected chi connectivity index (χ0v) is 16.7. The highest BCUT2D eigenvalue weighted by atomic mass is 35.5. The number of anilines is 1. The van der Waals surface area contributed by atoms with Gasteiger partial charge in [0.1, 0.15) is 25.9 Å². The first-order valence-corrected chi connectivity index (χ1v) is 10.7. The van der Waals surface area contributed by atoms with Crippen molar-refractivity contribution in [3.05, 3.63) is 57.5 Å². The number of guanidine groups is 1. The van der Waals surface area contributed by atoms with E-state index in [4.69, 9.17) is 16.9 Å². The molecule has 0 saturated heterocycles. The molecule has 0 fully saturated rings. The number of para-hydroxylation sites is 1. The molecule has 3 aromatic rings. The highest BCUT2D eigenvalue weighted by Gasteiger charge is 2.29. The summed E-state index contributed by atoms with van der Waals surface area (Å²) in [4.78, 5) is 12.2. The van der Waals surface area contributed by atoms with E-state index in [0.717, 1.165) is 11.3 Å². The number of benzene rings is 1. The number of aromatic nitrogens is 2. The molecule has 0 aliphatic carbocycles. The molecule has 0 spiro atoms. The minimum Gasteiger partial charge on any atom is -0.324 e. The van der Waals surface area contributed by atoms with Gasteiger partial charge in [0.25, 0.3) is 10.0 Å². The molecule has 0 radical (unpaired) electrons. The molecule has 29 heavy (non-hydrogen) atoms. The van der Waals surface area contributed by atoms with Crippen LogP contribution in [0.5, 0.6) is 0 Å². The van der Waals surface area contributed by atoms with Crippen LogP contribution in [0.3, 0.4) is 0 Å². The van der Waals surface area contributed by atoms with Crippen LogP contribution in [-0.2, 0) is 16.6 Å². The van der Waals surface area contributed by atoms with E-state index in [2.05, 4.69) is 25.0 Å². The summed E-state index contributed by atoms with van der Waals surface area (Å²) in [5, 5.41) is 12.1. The van der Waals surface area contributed by atoms with E-state index in [1.54, 1.807) is 6.07 Å². The van der Waals surface area contributed by atoms with E-state index < -0.39 is 16.0 Å². The number of thiazole rings is 1. The zero-order valence-electron chi connectivity index (χ0n) is 14.3. The molecule has 4 rings (SSSR count). The third-order valence-electron chi connectivity index (χ3n) is 3.96. The van der Waals surface area contributed by atoms with E-state index in [-0.39, 0.29) is 28.1 Å². The molecule has 0 atom stereocenters. The lowest BCUT2D eigenvalue weighted by Crippen LogP contribution is -2.41. The van der Waals surface area contributed by atoms with Crippen molar-refractivity contribution in [2.24, 2.45) is 4.99 Å². The van der Waals surface area contributed by atoms with Crippen LogP contribution in [0.2, 0.25) is 5.02 Å². The summed E-state index contributed by atoms with van der Waals surface area (Å²) in [6.07, 6.45) is 2.67. The average Bonchev–Trinajstić information content (AvgIpc) is 3.16. The van der Waals surface area contributed by atoms with Gasteiger partial charge in [-0.15, -0.1) is 11.3 Å². The van der Waals surface area contributed by atoms with Gasteiger partial charge < -0.3 is 5.32 Å². The predicted octanol–water partition coefficient (Wildman–Crippen LogP) is 3.13. The Labute approximate surface area is 173 Å². The Hall–Kier alpha value is -3.07. The van der Waals surface area contributed by atoms with Crippen LogP contribution in [-0.4, -0.2) is 24.3 Å². The van der Waals surface area contributed by atoms with Gasteiger partial charge in [-0.2, -0.15) is 9.65 Å².